The highest BCUT2D eigenvalue weighted by Gasteiger charge is 2.34. The molecule has 1 aliphatic heterocycles. The molecule has 166 valence electrons. The first-order chi connectivity index (χ1) is 15.2. The van der Waals surface area contributed by atoms with Crippen LogP contribution in [0.25, 0.3) is 5.65 Å². The number of nitro benzene ring substituents is 1. The van der Waals surface area contributed by atoms with E-state index in [4.69, 9.17) is 5.26 Å². The molecule has 0 amide bonds. The number of rotatable bonds is 4. The molecule has 1 N–H and O–H groups in total. The van der Waals surface area contributed by atoms with Crippen molar-refractivity contribution in [2.24, 2.45) is 0 Å². The number of anilines is 1. The maximum Gasteiger partial charge on any atom is 0.416 e. The average Bonchev–Trinajstić information content (AvgIpc) is 3.17. The molecule has 0 aliphatic carbocycles. The first-order valence-corrected chi connectivity index (χ1v) is 9.50. The normalized spacial score (nSPS) is 15.1. The van der Waals surface area contributed by atoms with Gasteiger partial charge >= 0.3 is 6.18 Å². The van der Waals surface area contributed by atoms with Crippen LogP contribution < -0.4 is 10.5 Å². The van der Waals surface area contributed by atoms with E-state index >= 15 is 0 Å². The van der Waals surface area contributed by atoms with E-state index in [0.717, 1.165) is 12.1 Å². The Bertz CT molecular complexity index is 1280. The molecule has 0 unspecified atom stereocenters. The van der Waals surface area contributed by atoms with Gasteiger partial charge in [0.1, 0.15) is 17.3 Å². The van der Waals surface area contributed by atoms with Crippen molar-refractivity contribution in [3.63, 3.8) is 0 Å². The lowest BCUT2D eigenvalue weighted by Gasteiger charge is -2.35. The third kappa shape index (κ3) is 4.00. The summed E-state index contributed by atoms with van der Waals surface area (Å²) in [5.74, 6) is 0. The molecule has 2 aromatic heterocycles. The Kier molecular flexibility index (Phi) is 5.31. The molecule has 3 heterocycles. The number of alkyl halides is 3. The second-order valence-electron chi connectivity index (χ2n) is 7.27. The van der Waals surface area contributed by atoms with Gasteiger partial charge in [-0.1, -0.05) is 0 Å². The summed E-state index contributed by atoms with van der Waals surface area (Å²) in [6.45, 7) is 1.93. The van der Waals surface area contributed by atoms with Gasteiger partial charge in [0.2, 0.25) is 0 Å². The number of hydrogen-bond acceptors (Lipinski definition) is 7. The molecule has 0 radical (unpaired) electrons. The molecule has 1 aromatic carbocycles. The van der Waals surface area contributed by atoms with Gasteiger partial charge in [-0.2, -0.15) is 18.4 Å². The Morgan fingerprint density at radius 1 is 1.22 bits per heavy atom. The summed E-state index contributed by atoms with van der Waals surface area (Å²) in [5, 5.41) is 23.2. The monoisotopic (exact) mass is 447 g/mol. The van der Waals surface area contributed by atoms with Crippen molar-refractivity contribution >= 4 is 17.0 Å². The number of nitrogens with zero attached hydrogens (tertiary/aromatic N) is 6. The second kappa shape index (κ2) is 7.97. The fraction of sp³-hybridized carbons (Fsp3) is 0.316. The molecule has 32 heavy (non-hydrogen) atoms. The predicted molar refractivity (Wildman–Crippen MR) is 106 cm³/mol. The second-order valence-corrected chi connectivity index (χ2v) is 7.27. The Hall–Kier alpha value is -3.92. The molecular weight excluding hydrogens is 431 g/mol. The van der Waals surface area contributed by atoms with Crippen LogP contribution >= 0.6 is 0 Å². The molecule has 0 saturated carbocycles. The van der Waals surface area contributed by atoms with Crippen LogP contribution in [0.1, 0.15) is 16.8 Å². The van der Waals surface area contributed by atoms with Crippen LogP contribution in [0.3, 0.4) is 0 Å². The van der Waals surface area contributed by atoms with Gasteiger partial charge in [0.15, 0.2) is 5.65 Å². The summed E-state index contributed by atoms with van der Waals surface area (Å²) < 4.78 is 39.9. The van der Waals surface area contributed by atoms with Crippen molar-refractivity contribution in [3.8, 4) is 6.07 Å². The van der Waals surface area contributed by atoms with Crippen LogP contribution in [-0.2, 0) is 12.7 Å². The molecular formula is C19H16F3N7O3. The number of nitriles is 1. The van der Waals surface area contributed by atoms with E-state index in [1.165, 1.54) is 16.8 Å². The highest BCUT2D eigenvalue weighted by Crippen LogP contribution is 2.36. The van der Waals surface area contributed by atoms with Gasteiger partial charge in [-0.25, -0.2) is 9.50 Å². The van der Waals surface area contributed by atoms with Crippen molar-refractivity contribution < 1.29 is 18.1 Å². The molecule has 0 atom stereocenters. The van der Waals surface area contributed by atoms with E-state index in [1.54, 1.807) is 4.90 Å². The topological polar surface area (TPSA) is 124 Å². The number of aromatic amines is 1. The summed E-state index contributed by atoms with van der Waals surface area (Å²) in [6, 6.07) is 5.84. The van der Waals surface area contributed by atoms with Crippen molar-refractivity contribution in [1.29, 1.82) is 5.26 Å². The first-order valence-electron chi connectivity index (χ1n) is 9.50. The number of benzene rings is 1. The Balaban J connectivity index is 1.49. The van der Waals surface area contributed by atoms with E-state index in [0.29, 0.717) is 44.5 Å². The minimum absolute atomic E-state index is 0.131. The number of nitro groups is 1. The van der Waals surface area contributed by atoms with E-state index in [-0.39, 0.29) is 22.5 Å². The zero-order valence-corrected chi connectivity index (χ0v) is 16.5. The van der Waals surface area contributed by atoms with Gasteiger partial charge < -0.3 is 4.90 Å². The summed E-state index contributed by atoms with van der Waals surface area (Å²) in [5.41, 5.74) is -0.944. The molecule has 0 bridgehead atoms. The lowest BCUT2D eigenvalue weighted by molar-refractivity contribution is -0.384. The predicted octanol–water partition coefficient (Wildman–Crippen LogP) is 2.14. The maximum atomic E-state index is 12.9. The van der Waals surface area contributed by atoms with Gasteiger partial charge in [-0.05, 0) is 12.1 Å². The standard InChI is InChI=1S/C19H16F3N7O3/c20-19(21,22)13-1-2-15(16(7-13)29(31)32)27-5-3-26(4-6-27)11-14-8-17(30)28-18(25-14)12(9-23)10-24-28/h1-2,7-8,10,24H,3-6,11H2. The highest BCUT2D eigenvalue weighted by atomic mass is 19.4. The van der Waals surface area contributed by atoms with Gasteiger partial charge in [0.05, 0.1) is 16.2 Å². The SMILES string of the molecule is N#Cc1c[nH]n2c(=O)cc(CN3CCN(c4ccc(C(F)(F)F)cc4[N+](=O)[O-])CC3)nc12. The first kappa shape index (κ1) is 21.3. The minimum atomic E-state index is -4.67. The zero-order valence-electron chi connectivity index (χ0n) is 16.5. The maximum absolute atomic E-state index is 12.9. The number of H-pyrrole nitrogens is 1. The van der Waals surface area contributed by atoms with Crippen LogP contribution in [0, 0.1) is 21.4 Å². The third-order valence-electron chi connectivity index (χ3n) is 5.27. The number of fused-ring (bicyclic) bond motifs is 1. The van der Waals surface area contributed by atoms with Crippen molar-refractivity contribution in [3.05, 3.63) is 67.8 Å². The van der Waals surface area contributed by atoms with Crippen LogP contribution in [0.4, 0.5) is 24.5 Å². The number of aromatic nitrogens is 3. The molecule has 13 heteroatoms. The smallest absolute Gasteiger partial charge is 0.363 e. The van der Waals surface area contributed by atoms with Crippen molar-refractivity contribution in [2.75, 3.05) is 31.1 Å². The highest BCUT2D eigenvalue weighted by molar-refractivity contribution is 5.65. The van der Waals surface area contributed by atoms with E-state index in [1.807, 2.05) is 11.0 Å². The van der Waals surface area contributed by atoms with E-state index in [2.05, 4.69) is 10.1 Å². The lowest BCUT2D eigenvalue weighted by atomic mass is 10.1. The Morgan fingerprint density at radius 2 is 1.94 bits per heavy atom. The summed E-state index contributed by atoms with van der Waals surface area (Å²) in [7, 11) is 0. The van der Waals surface area contributed by atoms with E-state index < -0.39 is 22.4 Å². The molecule has 1 fully saturated rings. The third-order valence-corrected chi connectivity index (χ3v) is 5.27. The van der Waals surface area contributed by atoms with Gasteiger partial charge in [0.25, 0.3) is 11.2 Å². The summed E-state index contributed by atoms with van der Waals surface area (Å²) in [4.78, 5) is 30.8. The number of nitrogens with one attached hydrogen (secondary N) is 1. The van der Waals surface area contributed by atoms with Crippen molar-refractivity contribution in [1.82, 2.24) is 19.5 Å². The molecule has 4 rings (SSSR count). The Labute approximate surface area is 178 Å². The van der Waals surface area contributed by atoms with Gasteiger partial charge in [-0.3, -0.25) is 24.9 Å². The number of piperazine rings is 1. The van der Waals surface area contributed by atoms with Gasteiger partial charge in [0, 0.05) is 51.1 Å². The van der Waals surface area contributed by atoms with Crippen LogP contribution in [0.15, 0.2) is 35.3 Å². The molecule has 1 saturated heterocycles. The summed E-state index contributed by atoms with van der Waals surface area (Å²) >= 11 is 0. The minimum Gasteiger partial charge on any atom is -0.363 e. The molecule has 10 nitrogen and oxygen atoms in total. The molecule has 3 aromatic rings. The Morgan fingerprint density at radius 3 is 2.56 bits per heavy atom. The van der Waals surface area contributed by atoms with E-state index in [9.17, 15) is 28.1 Å². The quantitative estimate of drug-likeness (QED) is 0.480. The number of hydrogen-bond donors (Lipinski definition) is 1. The molecule has 0 spiro atoms. The fourth-order valence-electron chi connectivity index (χ4n) is 3.68. The van der Waals surface area contributed by atoms with Crippen molar-refractivity contribution in [2.45, 2.75) is 12.7 Å². The van der Waals surface area contributed by atoms with Crippen LogP contribution in [0.5, 0.6) is 0 Å². The van der Waals surface area contributed by atoms with Gasteiger partial charge in [-0.15, -0.1) is 0 Å². The van der Waals surface area contributed by atoms with Crippen LogP contribution in [0.2, 0.25) is 0 Å². The van der Waals surface area contributed by atoms with Crippen LogP contribution in [-0.4, -0.2) is 50.6 Å². The average molecular weight is 447 g/mol. The lowest BCUT2D eigenvalue weighted by Crippen LogP contribution is -2.46. The largest absolute Gasteiger partial charge is 0.416 e. The summed E-state index contributed by atoms with van der Waals surface area (Å²) in [6.07, 6.45) is -3.27. The zero-order chi connectivity index (χ0) is 23.0. The molecule has 1 aliphatic rings. The fourth-order valence-corrected chi connectivity index (χ4v) is 3.68. The number of halogens is 3.